The van der Waals surface area contributed by atoms with Gasteiger partial charge in [0.2, 0.25) is 10.5 Å². The minimum absolute atomic E-state index is 0.178. The van der Waals surface area contributed by atoms with Crippen LogP contribution in [0, 0.1) is 6.92 Å². The highest BCUT2D eigenvalue weighted by Gasteiger charge is 2.19. The molecule has 0 spiro atoms. The van der Waals surface area contributed by atoms with E-state index in [1.165, 1.54) is 27.4 Å². The largest absolute Gasteiger partial charge is 0.744 e. The van der Waals surface area contributed by atoms with E-state index in [1.807, 2.05) is 18.3 Å². The van der Waals surface area contributed by atoms with Crippen LogP contribution in [0.25, 0.3) is 10.2 Å². The average Bonchev–Trinajstić information content (AvgIpc) is 3.02. The Hall–Kier alpha value is -1.84. The molecular weight excluding hydrogens is 398 g/mol. The van der Waals surface area contributed by atoms with E-state index < -0.39 is 10.1 Å². The van der Waals surface area contributed by atoms with Crippen molar-refractivity contribution >= 4 is 31.7 Å². The molecule has 0 fully saturated rings. The minimum atomic E-state index is -4.27. The van der Waals surface area contributed by atoms with Gasteiger partial charge in [0.15, 0.2) is 6.54 Å². The van der Waals surface area contributed by atoms with Crippen molar-refractivity contribution in [1.82, 2.24) is 0 Å². The topological polar surface area (TPSA) is 79.5 Å². The number of aryl methyl sites for hydroxylation is 1. The highest BCUT2D eigenvalue weighted by atomic mass is 32.2. The van der Waals surface area contributed by atoms with E-state index in [-0.39, 0.29) is 4.90 Å². The molecular formula is C20H25NO5S2. The molecule has 0 aliphatic rings. The Labute approximate surface area is 170 Å². The molecule has 1 heterocycles. The molecule has 0 radical (unpaired) electrons. The second-order valence-corrected chi connectivity index (χ2v) is 8.61. The van der Waals surface area contributed by atoms with Crippen LogP contribution >= 0.6 is 11.3 Å². The number of thiazole rings is 1. The van der Waals surface area contributed by atoms with Crippen molar-refractivity contribution in [2.75, 3.05) is 27.4 Å². The lowest BCUT2D eigenvalue weighted by molar-refractivity contribution is -0.675. The molecule has 0 aliphatic carbocycles. The van der Waals surface area contributed by atoms with Gasteiger partial charge in [0, 0.05) is 20.3 Å². The van der Waals surface area contributed by atoms with Crippen LogP contribution in [0.15, 0.2) is 53.4 Å². The summed E-state index contributed by atoms with van der Waals surface area (Å²) in [5.74, 6) is 0. The van der Waals surface area contributed by atoms with Crippen molar-refractivity contribution in [3.05, 3.63) is 59.1 Å². The van der Waals surface area contributed by atoms with Gasteiger partial charge in [-0.3, -0.25) is 0 Å². The molecule has 0 amide bonds. The Bertz CT molecular complexity index is 982. The second kappa shape index (κ2) is 10.6. The molecule has 28 heavy (non-hydrogen) atoms. The number of ether oxygens (including phenoxy) is 2. The maximum atomic E-state index is 10.4. The Morgan fingerprint density at radius 1 is 1.00 bits per heavy atom. The van der Waals surface area contributed by atoms with Gasteiger partial charge in [-0.15, -0.1) is 0 Å². The maximum Gasteiger partial charge on any atom is 0.240 e. The number of fused-ring (bicyclic) bond motifs is 1. The van der Waals surface area contributed by atoms with Crippen molar-refractivity contribution in [3.63, 3.8) is 0 Å². The van der Waals surface area contributed by atoms with Crippen LogP contribution in [0.4, 0.5) is 0 Å². The van der Waals surface area contributed by atoms with Gasteiger partial charge in [0.05, 0.1) is 17.9 Å². The van der Waals surface area contributed by atoms with Gasteiger partial charge in [0.1, 0.15) is 21.4 Å². The van der Waals surface area contributed by atoms with Gasteiger partial charge in [-0.05, 0) is 25.1 Å². The van der Waals surface area contributed by atoms with Gasteiger partial charge in [0.25, 0.3) is 0 Å². The number of methoxy groups -OCH3 is 2. The normalized spacial score (nSPS) is 11.3. The number of nitrogens with zero attached hydrogens (tertiary/aromatic N) is 1. The van der Waals surface area contributed by atoms with Crippen LogP contribution < -0.4 is 4.57 Å². The smallest absolute Gasteiger partial charge is 0.240 e. The van der Waals surface area contributed by atoms with Crippen LogP contribution in [0.3, 0.4) is 0 Å². The summed E-state index contributed by atoms with van der Waals surface area (Å²) in [6.07, 6.45) is 0.958. The molecule has 0 saturated heterocycles. The molecule has 3 rings (SSSR count). The maximum absolute atomic E-state index is 10.4. The summed E-state index contributed by atoms with van der Waals surface area (Å²) in [5.41, 5.74) is 2.22. The van der Waals surface area contributed by atoms with Gasteiger partial charge in [-0.2, -0.15) is 4.57 Å². The SMILES string of the molecule is COCCc1sc2ccccc2[n+]1CCOC.Cc1ccc(S(=O)(=O)[O-])cc1. The van der Waals surface area contributed by atoms with Crippen LogP contribution in [0.1, 0.15) is 10.6 Å². The van der Waals surface area contributed by atoms with E-state index in [2.05, 4.69) is 28.8 Å². The summed E-state index contributed by atoms with van der Waals surface area (Å²) in [5, 5.41) is 1.35. The van der Waals surface area contributed by atoms with Crippen molar-refractivity contribution in [1.29, 1.82) is 0 Å². The number of hydrogen-bond donors (Lipinski definition) is 0. The lowest BCUT2D eigenvalue weighted by Gasteiger charge is -2.05. The fourth-order valence-corrected chi connectivity index (χ4v) is 4.23. The molecule has 3 aromatic rings. The van der Waals surface area contributed by atoms with Gasteiger partial charge in [-0.1, -0.05) is 41.2 Å². The average molecular weight is 424 g/mol. The molecule has 8 heteroatoms. The molecule has 0 unspecified atom stereocenters. The summed E-state index contributed by atoms with van der Waals surface area (Å²) in [6.45, 7) is 4.23. The zero-order chi connectivity index (χ0) is 20.6. The number of rotatable bonds is 7. The first kappa shape index (κ1) is 22.4. The van der Waals surface area contributed by atoms with E-state index in [4.69, 9.17) is 9.47 Å². The van der Waals surface area contributed by atoms with Crippen LogP contribution in [-0.2, 0) is 32.6 Å². The third kappa shape index (κ3) is 6.35. The summed E-state index contributed by atoms with van der Waals surface area (Å²) in [7, 11) is -0.787. The fourth-order valence-electron chi connectivity index (χ4n) is 2.59. The van der Waals surface area contributed by atoms with Crippen molar-refractivity contribution in [2.24, 2.45) is 0 Å². The van der Waals surface area contributed by atoms with Crippen molar-refractivity contribution in [2.45, 2.75) is 24.8 Å². The monoisotopic (exact) mass is 423 g/mol. The Kier molecular flexibility index (Phi) is 8.53. The van der Waals surface area contributed by atoms with Crippen molar-refractivity contribution < 1.29 is 27.0 Å². The summed E-state index contributed by atoms with van der Waals surface area (Å²) < 4.78 is 45.2. The molecule has 2 aromatic carbocycles. The predicted octanol–water partition coefficient (Wildman–Crippen LogP) is 2.92. The van der Waals surface area contributed by atoms with Gasteiger partial charge in [-0.25, -0.2) is 8.42 Å². The number of hydrogen-bond acceptors (Lipinski definition) is 6. The minimum Gasteiger partial charge on any atom is -0.744 e. The first-order valence-corrected chi connectivity index (χ1v) is 11.0. The molecule has 0 atom stereocenters. The highest BCUT2D eigenvalue weighted by Crippen LogP contribution is 2.20. The fraction of sp³-hybridized carbons (Fsp3) is 0.350. The summed E-state index contributed by atoms with van der Waals surface area (Å²) in [4.78, 5) is -0.178. The summed E-state index contributed by atoms with van der Waals surface area (Å²) >= 11 is 1.84. The third-order valence-corrected chi connectivity index (χ3v) is 6.11. The number of aromatic nitrogens is 1. The van der Waals surface area contributed by atoms with Crippen LogP contribution in [0.5, 0.6) is 0 Å². The quantitative estimate of drug-likeness (QED) is 0.431. The molecule has 0 saturated carbocycles. The lowest BCUT2D eigenvalue weighted by atomic mass is 10.2. The third-order valence-electron chi connectivity index (χ3n) is 4.03. The molecule has 152 valence electrons. The highest BCUT2D eigenvalue weighted by molar-refractivity contribution is 7.85. The standard InChI is InChI=1S/C13H18NO2S.C7H8O3S/c1-15-9-7-13-14(8-10-16-2)11-5-3-4-6-12(11)17-13;1-6-2-4-7(5-3-6)11(8,9)10/h3-6H,7-10H2,1-2H3;2-5H,1H3,(H,8,9,10)/q+1;/p-1. The zero-order valence-corrected chi connectivity index (χ0v) is 17.9. The van der Waals surface area contributed by atoms with E-state index in [9.17, 15) is 13.0 Å². The predicted molar refractivity (Wildman–Crippen MR) is 109 cm³/mol. The Morgan fingerprint density at radius 2 is 1.64 bits per heavy atom. The van der Waals surface area contributed by atoms with E-state index in [0.29, 0.717) is 0 Å². The zero-order valence-electron chi connectivity index (χ0n) is 16.3. The van der Waals surface area contributed by atoms with Crippen molar-refractivity contribution in [3.8, 4) is 0 Å². The Balaban J connectivity index is 0.000000221. The molecule has 0 aliphatic heterocycles. The van der Waals surface area contributed by atoms with Crippen LogP contribution in [0.2, 0.25) is 0 Å². The first-order valence-electron chi connectivity index (χ1n) is 8.77. The van der Waals surface area contributed by atoms with E-state index >= 15 is 0 Å². The first-order chi connectivity index (χ1) is 13.4. The second-order valence-electron chi connectivity index (χ2n) is 6.12. The number of benzene rings is 2. The lowest BCUT2D eigenvalue weighted by Crippen LogP contribution is -2.38. The van der Waals surface area contributed by atoms with Gasteiger partial charge < -0.3 is 14.0 Å². The molecule has 1 aromatic heterocycles. The van der Waals surface area contributed by atoms with E-state index in [0.717, 1.165) is 31.7 Å². The summed E-state index contributed by atoms with van der Waals surface area (Å²) in [6, 6.07) is 14.3. The molecule has 0 bridgehead atoms. The van der Waals surface area contributed by atoms with Gasteiger partial charge >= 0.3 is 0 Å². The molecule has 6 nitrogen and oxygen atoms in total. The van der Waals surface area contributed by atoms with Crippen LogP contribution in [-0.4, -0.2) is 40.4 Å². The number of para-hydroxylation sites is 1. The molecule has 0 N–H and O–H groups in total. The Morgan fingerprint density at radius 3 is 2.25 bits per heavy atom. The van der Waals surface area contributed by atoms with E-state index in [1.54, 1.807) is 26.4 Å².